The first-order valence-corrected chi connectivity index (χ1v) is 6.49. The summed E-state index contributed by atoms with van der Waals surface area (Å²) < 4.78 is 2.21. The van der Waals surface area contributed by atoms with Crippen LogP contribution in [-0.4, -0.2) is 31.7 Å². The van der Waals surface area contributed by atoms with Crippen LogP contribution in [0.1, 0.15) is 32.0 Å². The minimum atomic E-state index is -0.284. The van der Waals surface area contributed by atoms with Crippen molar-refractivity contribution in [3.63, 3.8) is 0 Å². The maximum absolute atomic E-state index is 9.23. The van der Waals surface area contributed by atoms with Crippen molar-refractivity contribution in [1.82, 2.24) is 14.8 Å². The van der Waals surface area contributed by atoms with E-state index in [1.807, 2.05) is 0 Å². The van der Waals surface area contributed by atoms with Crippen molar-refractivity contribution in [2.24, 2.45) is 0 Å². The van der Waals surface area contributed by atoms with Gasteiger partial charge in [-0.1, -0.05) is 18.2 Å². The van der Waals surface area contributed by atoms with E-state index < -0.39 is 0 Å². The monoisotopic (exact) mass is 227 g/mol. The summed E-state index contributed by atoms with van der Waals surface area (Å²) in [6.45, 7) is 2.83. The highest BCUT2D eigenvalue weighted by molar-refractivity contribution is 7.99. The smallest absolute Gasteiger partial charge is 0.191 e. The lowest BCUT2D eigenvalue weighted by Crippen LogP contribution is -2.06. The molecule has 0 saturated heterocycles. The van der Waals surface area contributed by atoms with Gasteiger partial charge in [0.25, 0.3) is 0 Å². The van der Waals surface area contributed by atoms with Gasteiger partial charge in [-0.05, 0) is 19.8 Å². The predicted octanol–water partition coefficient (Wildman–Crippen LogP) is 1.48. The Kier molecular flexibility index (Phi) is 3.64. The van der Waals surface area contributed by atoms with Gasteiger partial charge in [-0.15, -0.1) is 10.2 Å². The second kappa shape index (κ2) is 4.99. The van der Waals surface area contributed by atoms with Crippen LogP contribution in [0.15, 0.2) is 5.16 Å². The maximum atomic E-state index is 9.23. The molecule has 2 heterocycles. The van der Waals surface area contributed by atoms with E-state index in [-0.39, 0.29) is 6.10 Å². The van der Waals surface area contributed by atoms with E-state index >= 15 is 0 Å². The standard InChI is InChI=1S/C10H17N3OS/c1-8(14)7-15-10-12-11-9-5-3-2-4-6-13(9)10/h8,14H,2-7H2,1H3. The lowest BCUT2D eigenvalue weighted by atomic mass is 10.2. The molecule has 1 aliphatic heterocycles. The molecule has 1 N–H and O–H groups in total. The molecule has 2 rings (SSSR count). The average molecular weight is 227 g/mol. The Bertz CT molecular complexity index is 324. The molecular weight excluding hydrogens is 210 g/mol. The van der Waals surface area contributed by atoms with E-state index in [0.29, 0.717) is 5.75 Å². The van der Waals surface area contributed by atoms with Crippen molar-refractivity contribution in [3.8, 4) is 0 Å². The van der Waals surface area contributed by atoms with Gasteiger partial charge in [-0.25, -0.2) is 0 Å². The quantitative estimate of drug-likeness (QED) is 0.795. The Morgan fingerprint density at radius 1 is 1.40 bits per heavy atom. The summed E-state index contributed by atoms with van der Waals surface area (Å²) in [5.74, 6) is 1.80. The number of nitrogens with zero attached hydrogens (tertiary/aromatic N) is 3. The number of hydrogen-bond donors (Lipinski definition) is 1. The molecule has 0 bridgehead atoms. The first-order chi connectivity index (χ1) is 7.27. The number of rotatable bonds is 3. The lowest BCUT2D eigenvalue weighted by molar-refractivity contribution is 0.220. The van der Waals surface area contributed by atoms with Gasteiger partial charge in [-0.2, -0.15) is 0 Å². The molecule has 15 heavy (non-hydrogen) atoms. The summed E-state index contributed by atoms with van der Waals surface area (Å²) in [6, 6.07) is 0. The van der Waals surface area contributed by atoms with Crippen molar-refractivity contribution < 1.29 is 5.11 Å². The highest BCUT2D eigenvalue weighted by Gasteiger charge is 2.15. The molecule has 1 aromatic rings. The second-order valence-corrected chi connectivity index (χ2v) is 5.01. The molecule has 0 radical (unpaired) electrons. The number of fused-ring (bicyclic) bond motifs is 1. The molecule has 4 nitrogen and oxygen atoms in total. The summed E-state index contributed by atoms with van der Waals surface area (Å²) in [6.07, 6.45) is 4.48. The lowest BCUT2D eigenvalue weighted by Gasteiger charge is -2.06. The number of aryl methyl sites for hydroxylation is 1. The highest BCUT2D eigenvalue weighted by atomic mass is 32.2. The van der Waals surface area contributed by atoms with Crippen LogP contribution in [0, 0.1) is 0 Å². The summed E-state index contributed by atoms with van der Waals surface area (Å²) in [5, 5.41) is 18.6. The fraction of sp³-hybridized carbons (Fsp3) is 0.800. The Balaban J connectivity index is 2.08. The van der Waals surface area contributed by atoms with Crippen LogP contribution in [0.4, 0.5) is 0 Å². The number of aromatic nitrogens is 3. The van der Waals surface area contributed by atoms with Crippen LogP contribution < -0.4 is 0 Å². The van der Waals surface area contributed by atoms with Crippen molar-refractivity contribution in [1.29, 1.82) is 0 Å². The summed E-state index contributed by atoms with van der Waals surface area (Å²) in [7, 11) is 0. The van der Waals surface area contributed by atoms with Gasteiger partial charge in [-0.3, -0.25) is 0 Å². The first kappa shape index (κ1) is 11.0. The minimum absolute atomic E-state index is 0.284. The molecule has 5 heteroatoms. The highest BCUT2D eigenvalue weighted by Crippen LogP contribution is 2.21. The van der Waals surface area contributed by atoms with Gasteiger partial charge in [0.1, 0.15) is 5.82 Å². The molecule has 0 amide bonds. The zero-order chi connectivity index (χ0) is 10.7. The summed E-state index contributed by atoms with van der Waals surface area (Å²) in [4.78, 5) is 0. The van der Waals surface area contributed by atoms with Gasteiger partial charge in [0, 0.05) is 18.7 Å². The number of thioether (sulfide) groups is 1. The molecule has 1 atom stereocenters. The number of aliphatic hydroxyl groups is 1. The topological polar surface area (TPSA) is 50.9 Å². The molecule has 1 aliphatic rings. The van der Waals surface area contributed by atoms with E-state index in [1.54, 1.807) is 18.7 Å². The number of hydrogen-bond acceptors (Lipinski definition) is 4. The Labute approximate surface area is 94.1 Å². The molecule has 1 unspecified atom stereocenters. The van der Waals surface area contributed by atoms with Crippen LogP contribution in [0.2, 0.25) is 0 Å². The minimum Gasteiger partial charge on any atom is -0.393 e. The van der Waals surface area contributed by atoms with Crippen LogP contribution in [0.25, 0.3) is 0 Å². The van der Waals surface area contributed by atoms with E-state index in [0.717, 1.165) is 23.9 Å². The third-order valence-electron chi connectivity index (χ3n) is 2.53. The normalized spacial score (nSPS) is 18.3. The second-order valence-electron chi connectivity index (χ2n) is 4.02. The zero-order valence-corrected chi connectivity index (χ0v) is 9.83. The van der Waals surface area contributed by atoms with E-state index in [9.17, 15) is 5.11 Å². The van der Waals surface area contributed by atoms with E-state index in [2.05, 4.69) is 14.8 Å². The molecular formula is C10H17N3OS. The summed E-state index contributed by atoms with van der Waals surface area (Å²) >= 11 is 1.60. The Hall–Kier alpha value is -0.550. The largest absolute Gasteiger partial charge is 0.393 e. The van der Waals surface area contributed by atoms with E-state index in [1.165, 1.54) is 19.3 Å². The molecule has 0 fully saturated rings. The van der Waals surface area contributed by atoms with Gasteiger partial charge < -0.3 is 9.67 Å². The van der Waals surface area contributed by atoms with Gasteiger partial charge in [0.05, 0.1) is 6.10 Å². The Morgan fingerprint density at radius 2 is 2.27 bits per heavy atom. The van der Waals surface area contributed by atoms with Crippen molar-refractivity contribution >= 4 is 11.8 Å². The molecule has 0 saturated carbocycles. The van der Waals surface area contributed by atoms with Crippen LogP contribution >= 0.6 is 11.8 Å². The Morgan fingerprint density at radius 3 is 3.07 bits per heavy atom. The SMILES string of the molecule is CC(O)CSc1nnc2n1CCCCC2. The van der Waals surface area contributed by atoms with Gasteiger partial charge in [0.2, 0.25) is 0 Å². The van der Waals surface area contributed by atoms with Gasteiger partial charge in [0.15, 0.2) is 5.16 Å². The molecule has 1 aromatic heterocycles. The first-order valence-electron chi connectivity index (χ1n) is 5.50. The zero-order valence-electron chi connectivity index (χ0n) is 9.02. The van der Waals surface area contributed by atoms with Crippen molar-refractivity contribution in [2.45, 2.75) is 50.4 Å². The molecule has 84 valence electrons. The van der Waals surface area contributed by atoms with Crippen molar-refractivity contribution in [2.75, 3.05) is 5.75 Å². The van der Waals surface area contributed by atoms with E-state index in [4.69, 9.17) is 0 Å². The average Bonchev–Trinajstić information content (AvgIpc) is 2.44. The molecule has 0 spiro atoms. The maximum Gasteiger partial charge on any atom is 0.191 e. The fourth-order valence-electron chi connectivity index (χ4n) is 1.76. The van der Waals surface area contributed by atoms with Crippen LogP contribution in [0.3, 0.4) is 0 Å². The molecule has 0 aromatic carbocycles. The summed E-state index contributed by atoms with van der Waals surface area (Å²) in [5.41, 5.74) is 0. The third kappa shape index (κ3) is 2.72. The van der Waals surface area contributed by atoms with Crippen molar-refractivity contribution in [3.05, 3.63) is 5.82 Å². The van der Waals surface area contributed by atoms with Gasteiger partial charge >= 0.3 is 0 Å². The van der Waals surface area contributed by atoms with Crippen LogP contribution in [0.5, 0.6) is 0 Å². The van der Waals surface area contributed by atoms with Crippen LogP contribution in [-0.2, 0) is 13.0 Å². The third-order valence-corrected chi connectivity index (χ3v) is 3.74. The predicted molar refractivity (Wildman–Crippen MR) is 60.0 cm³/mol. The number of aliphatic hydroxyl groups excluding tert-OH is 1. The molecule has 0 aliphatic carbocycles. The fourth-order valence-corrected chi connectivity index (χ4v) is 2.60.